The van der Waals surface area contributed by atoms with Crippen LogP contribution in [0.3, 0.4) is 0 Å². The molecule has 17 heavy (non-hydrogen) atoms. The molecule has 0 atom stereocenters. The van der Waals surface area contributed by atoms with Gasteiger partial charge in [0.2, 0.25) is 5.91 Å². The molecule has 2 N–H and O–H groups in total. The molecule has 6 heteroatoms. The highest BCUT2D eigenvalue weighted by Crippen LogP contribution is 2.28. The van der Waals surface area contributed by atoms with Crippen LogP contribution >= 0.6 is 0 Å². The number of carbonyl (C=O) groups excluding carboxylic acids is 1. The Bertz CT molecular complexity index is 517. The van der Waals surface area contributed by atoms with Crippen LogP contribution in [-0.2, 0) is 26.1 Å². The van der Waals surface area contributed by atoms with Gasteiger partial charge in [-0.2, -0.15) is 8.42 Å². The maximum atomic E-state index is 11.2. The van der Waals surface area contributed by atoms with Gasteiger partial charge in [-0.15, -0.1) is 0 Å². The second kappa shape index (κ2) is 4.46. The largest absolute Gasteiger partial charge is 0.285 e. The molecule has 5 nitrogen and oxygen atoms in total. The zero-order valence-electron chi connectivity index (χ0n) is 9.60. The Morgan fingerprint density at radius 1 is 1.29 bits per heavy atom. The Balaban J connectivity index is 3.07. The fourth-order valence-electron chi connectivity index (χ4n) is 1.36. The molecule has 0 aliphatic carbocycles. The van der Waals surface area contributed by atoms with E-state index in [-0.39, 0.29) is 6.42 Å². The summed E-state index contributed by atoms with van der Waals surface area (Å²) in [6.07, 6.45) is -0.00736. The Morgan fingerprint density at radius 2 is 1.76 bits per heavy atom. The SMILES string of the molecule is CC(C)(c1ccc(CC([NH])=O)cc1)S(=O)(=O)O. The molecule has 1 aromatic carbocycles. The molecule has 1 radical (unpaired) electrons. The van der Waals surface area contributed by atoms with E-state index in [4.69, 9.17) is 10.3 Å². The minimum atomic E-state index is -4.20. The maximum absolute atomic E-state index is 11.2. The van der Waals surface area contributed by atoms with Crippen molar-refractivity contribution < 1.29 is 17.8 Å². The summed E-state index contributed by atoms with van der Waals surface area (Å²) in [4.78, 5) is 10.6. The van der Waals surface area contributed by atoms with Crippen LogP contribution in [0, 0.1) is 0 Å². The number of nitrogens with one attached hydrogen (secondary N) is 1. The van der Waals surface area contributed by atoms with E-state index in [0.29, 0.717) is 11.1 Å². The highest BCUT2D eigenvalue weighted by Gasteiger charge is 2.34. The van der Waals surface area contributed by atoms with E-state index in [1.807, 2.05) is 0 Å². The number of benzene rings is 1. The van der Waals surface area contributed by atoms with Crippen LogP contribution in [-0.4, -0.2) is 18.9 Å². The third-order valence-corrected chi connectivity index (χ3v) is 4.18. The predicted molar refractivity (Wildman–Crippen MR) is 62.8 cm³/mol. The van der Waals surface area contributed by atoms with Crippen molar-refractivity contribution in [1.29, 1.82) is 0 Å². The summed E-state index contributed by atoms with van der Waals surface area (Å²) in [5.74, 6) is -0.702. The van der Waals surface area contributed by atoms with Crippen LogP contribution in [0.2, 0.25) is 0 Å². The van der Waals surface area contributed by atoms with Gasteiger partial charge in [0, 0.05) is 0 Å². The predicted octanol–water partition coefficient (Wildman–Crippen LogP) is 1.16. The van der Waals surface area contributed by atoms with E-state index in [1.165, 1.54) is 26.0 Å². The molecule has 0 saturated heterocycles. The van der Waals surface area contributed by atoms with Crippen molar-refractivity contribution in [3.63, 3.8) is 0 Å². The van der Waals surface area contributed by atoms with Gasteiger partial charge in [-0.3, -0.25) is 15.1 Å². The van der Waals surface area contributed by atoms with E-state index in [2.05, 4.69) is 0 Å². The van der Waals surface area contributed by atoms with Gasteiger partial charge in [0.1, 0.15) is 4.75 Å². The van der Waals surface area contributed by atoms with Crippen molar-refractivity contribution in [2.24, 2.45) is 0 Å². The molecular formula is C11H14NO4S. The number of hydrogen-bond donors (Lipinski definition) is 1. The average molecular weight is 256 g/mol. The molecule has 0 spiro atoms. The highest BCUT2D eigenvalue weighted by atomic mass is 32.2. The molecule has 0 aliphatic heterocycles. The van der Waals surface area contributed by atoms with Gasteiger partial charge in [0.15, 0.2) is 0 Å². The van der Waals surface area contributed by atoms with E-state index < -0.39 is 20.8 Å². The summed E-state index contributed by atoms with van der Waals surface area (Å²) in [5, 5.41) is 0. The van der Waals surface area contributed by atoms with Crippen molar-refractivity contribution in [1.82, 2.24) is 5.73 Å². The minimum Gasteiger partial charge on any atom is -0.285 e. The molecule has 0 fully saturated rings. The quantitative estimate of drug-likeness (QED) is 0.818. The van der Waals surface area contributed by atoms with E-state index in [1.54, 1.807) is 12.1 Å². The molecule has 0 heterocycles. The van der Waals surface area contributed by atoms with Crippen molar-refractivity contribution in [2.75, 3.05) is 0 Å². The molecule has 93 valence electrons. The fraction of sp³-hybridized carbons (Fsp3) is 0.364. The van der Waals surface area contributed by atoms with E-state index in [0.717, 1.165) is 0 Å². The standard InChI is InChI=1S/C11H14NO4S/c1-11(2,17(14,15)16)9-5-3-8(4-6-9)7-10(12)13/h3-6,12H,7H2,1-2H3,(H,14,15,16). The van der Waals surface area contributed by atoms with Crippen LogP contribution in [0.1, 0.15) is 25.0 Å². The lowest BCUT2D eigenvalue weighted by molar-refractivity contribution is -0.118. The first-order valence-corrected chi connectivity index (χ1v) is 6.39. The van der Waals surface area contributed by atoms with Gasteiger partial charge in [-0.25, -0.2) is 0 Å². The van der Waals surface area contributed by atoms with Gasteiger partial charge in [-0.05, 0) is 25.0 Å². The highest BCUT2D eigenvalue weighted by molar-refractivity contribution is 7.86. The average Bonchev–Trinajstić information content (AvgIpc) is 2.15. The van der Waals surface area contributed by atoms with Crippen LogP contribution in [0.15, 0.2) is 24.3 Å². The van der Waals surface area contributed by atoms with Gasteiger partial charge in [0.05, 0.1) is 6.42 Å². The summed E-state index contributed by atoms with van der Waals surface area (Å²) >= 11 is 0. The number of amides is 1. The van der Waals surface area contributed by atoms with Crippen LogP contribution in [0.5, 0.6) is 0 Å². The zero-order valence-corrected chi connectivity index (χ0v) is 10.4. The third kappa shape index (κ3) is 3.04. The molecule has 0 bridgehead atoms. The third-order valence-electron chi connectivity index (χ3n) is 2.66. The normalized spacial score (nSPS) is 12.4. The van der Waals surface area contributed by atoms with E-state index >= 15 is 0 Å². The smallest absolute Gasteiger partial charge is 0.274 e. The first-order valence-electron chi connectivity index (χ1n) is 4.95. The lowest BCUT2D eigenvalue weighted by atomic mass is 10.00. The first kappa shape index (κ1) is 13.7. The Morgan fingerprint density at radius 3 is 2.12 bits per heavy atom. The summed E-state index contributed by atoms with van der Waals surface area (Å²) in [6, 6.07) is 6.22. The lowest BCUT2D eigenvalue weighted by Gasteiger charge is -2.21. The molecule has 0 saturated carbocycles. The van der Waals surface area contributed by atoms with Crippen molar-refractivity contribution in [3.8, 4) is 0 Å². The van der Waals surface area contributed by atoms with Crippen LogP contribution < -0.4 is 5.73 Å². The fourth-order valence-corrected chi connectivity index (χ4v) is 1.79. The zero-order chi connectivity index (χ0) is 13.3. The summed E-state index contributed by atoms with van der Waals surface area (Å²) in [7, 11) is -4.20. The van der Waals surface area contributed by atoms with Gasteiger partial charge in [0.25, 0.3) is 10.1 Å². The minimum absolute atomic E-state index is 0.00736. The van der Waals surface area contributed by atoms with E-state index in [9.17, 15) is 13.2 Å². The topological polar surface area (TPSA) is 95.2 Å². The van der Waals surface area contributed by atoms with Gasteiger partial charge in [-0.1, -0.05) is 24.3 Å². The number of carbonyl (C=O) groups is 1. The molecule has 1 rings (SSSR count). The summed E-state index contributed by atoms with van der Waals surface area (Å²) in [6.45, 7) is 2.79. The molecule has 0 aliphatic rings. The Hall–Kier alpha value is -1.40. The molecule has 1 aromatic rings. The van der Waals surface area contributed by atoms with Crippen molar-refractivity contribution in [2.45, 2.75) is 25.0 Å². The second-order valence-corrected chi connectivity index (χ2v) is 6.25. The first-order chi connectivity index (χ1) is 7.64. The Labute approximate surface area is 100 Å². The number of hydrogen-bond acceptors (Lipinski definition) is 3. The number of rotatable bonds is 4. The van der Waals surface area contributed by atoms with Gasteiger partial charge >= 0.3 is 0 Å². The molecule has 0 unspecified atom stereocenters. The molecule has 0 aromatic heterocycles. The summed E-state index contributed by atoms with van der Waals surface area (Å²) < 4.78 is 30.1. The Kier molecular flexibility index (Phi) is 3.59. The molecular weight excluding hydrogens is 242 g/mol. The van der Waals surface area contributed by atoms with Crippen molar-refractivity contribution >= 4 is 16.0 Å². The second-order valence-electron chi connectivity index (χ2n) is 4.28. The summed E-state index contributed by atoms with van der Waals surface area (Å²) in [5.41, 5.74) is 7.89. The molecule has 1 amide bonds. The maximum Gasteiger partial charge on any atom is 0.274 e. The van der Waals surface area contributed by atoms with Gasteiger partial charge < -0.3 is 0 Å². The van der Waals surface area contributed by atoms with Crippen LogP contribution in [0.4, 0.5) is 0 Å². The van der Waals surface area contributed by atoms with Crippen molar-refractivity contribution in [3.05, 3.63) is 35.4 Å². The lowest BCUT2D eigenvalue weighted by Crippen LogP contribution is -2.28. The monoisotopic (exact) mass is 256 g/mol. The van der Waals surface area contributed by atoms with Crippen LogP contribution in [0.25, 0.3) is 0 Å².